The van der Waals surface area contributed by atoms with Gasteiger partial charge >= 0.3 is 0 Å². The molecule has 0 aliphatic heterocycles. The second kappa shape index (κ2) is 5.90. The van der Waals surface area contributed by atoms with Gasteiger partial charge in [0.15, 0.2) is 0 Å². The molecule has 1 saturated carbocycles. The third-order valence-electron chi connectivity index (χ3n) is 2.99. The van der Waals surface area contributed by atoms with Gasteiger partial charge in [-0.3, -0.25) is 14.9 Å². The van der Waals surface area contributed by atoms with Crippen LogP contribution in [-0.4, -0.2) is 25.8 Å². The first-order valence-electron chi connectivity index (χ1n) is 5.91. The second-order valence-corrected chi connectivity index (χ2v) is 7.98. The van der Waals surface area contributed by atoms with Gasteiger partial charge in [-0.1, -0.05) is 0 Å². The summed E-state index contributed by atoms with van der Waals surface area (Å²) < 4.78 is 22.8. The molecule has 1 amide bonds. The number of carbonyl (C=O) groups is 1. The summed E-state index contributed by atoms with van der Waals surface area (Å²) in [5, 5.41) is 13.5. The third-order valence-corrected chi connectivity index (χ3v) is 5.45. The minimum Gasteiger partial charge on any atom is -0.352 e. The summed E-state index contributed by atoms with van der Waals surface area (Å²) in [4.78, 5) is 21.6. The number of nitrogens with zero attached hydrogens (tertiary/aromatic N) is 1. The van der Waals surface area contributed by atoms with Crippen molar-refractivity contribution in [3.05, 3.63) is 32.3 Å². The van der Waals surface area contributed by atoms with E-state index in [0.29, 0.717) is 12.5 Å². The van der Waals surface area contributed by atoms with E-state index in [1.807, 2.05) is 0 Å². The Morgan fingerprint density at radius 1 is 1.48 bits per heavy atom. The average molecular weight is 398 g/mol. The van der Waals surface area contributed by atoms with Crippen LogP contribution in [-0.2, 0) is 9.05 Å². The van der Waals surface area contributed by atoms with Crippen molar-refractivity contribution in [1.29, 1.82) is 0 Å². The van der Waals surface area contributed by atoms with Crippen LogP contribution < -0.4 is 5.32 Å². The van der Waals surface area contributed by atoms with E-state index < -0.39 is 30.5 Å². The zero-order valence-electron chi connectivity index (χ0n) is 10.5. The van der Waals surface area contributed by atoms with Gasteiger partial charge in [-0.25, -0.2) is 8.42 Å². The standard InChI is InChI=1S/C11H10BrClN2O5S/c12-10-8(11(16)14-5-6-1-2-6)3-7(15(17)18)4-9(10)21(13,19)20/h3-4,6H,1-2,5H2,(H,14,16). The first-order valence-corrected chi connectivity index (χ1v) is 9.01. The van der Waals surface area contributed by atoms with Crippen LogP contribution in [0.25, 0.3) is 0 Å². The molecular formula is C11H10BrClN2O5S. The number of halogens is 2. The van der Waals surface area contributed by atoms with E-state index in [1.165, 1.54) is 0 Å². The predicted molar refractivity (Wildman–Crippen MR) is 78.9 cm³/mol. The molecule has 1 aromatic carbocycles. The highest BCUT2D eigenvalue weighted by Gasteiger charge is 2.27. The molecule has 0 radical (unpaired) electrons. The molecule has 0 spiro atoms. The molecule has 1 fully saturated rings. The molecule has 0 aromatic heterocycles. The molecule has 0 atom stereocenters. The summed E-state index contributed by atoms with van der Waals surface area (Å²) in [6, 6.07) is 1.82. The smallest absolute Gasteiger partial charge is 0.271 e. The molecule has 1 aliphatic carbocycles. The number of hydrogen-bond donors (Lipinski definition) is 1. The van der Waals surface area contributed by atoms with Crippen molar-refractivity contribution >= 4 is 47.3 Å². The molecule has 0 unspecified atom stereocenters. The Balaban J connectivity index is 2.44. The fourth-order valence-electron chi connectivity index (χ4n) is 1.69. The van der Waals surface area contributed by atoms with E-state index in [1.54, 1.807) is 0 Å². The number of nitrogens with one attached hydrogen (secondary N) is 1. The fraction of sp³-hybridized carbons (Fsp3) is 0.364. The molecule has 0 saturated heterocycles. The van der Waals surface area contributed by atoms with E-state index in [2.05, 4.69) is 21.2 Å². The molecule has 7 nitrogen and oxygen atoms in total. The maximum absolute atomic E-state index is 12.1. The highest BCUT2D eigenvalue weighted by Crippen LogP contribution is 2.33. The maximum atomic E-state index is 12.1. The van der Waals surface area contributed by atoms with E-state index in [-0.39, 0.29) is 10.0 Å². The minimum absolute atomic E-state index is 0.0867. The lowest BCUT2D eigenvalue weighted by Gasteiger charge is -2.09. The van der Waals surface area contributed by atoms with Crippen molar-refractivity contribution in [2.24, 2.45) is 5.92 Å². The Morgan fingerprint density at radius 2 is 2.10 bits per heavy atom. The van der Waals surface area contributed by atoms with Crippen LogP contribution in [0.15, 0.2) is 21.5 Å². The molecule has 10 heteroatoms. The summed E-state index contributed by atoms with van der Waals surface area (Å²) in [5.41, 5.74) is -0.655. The maximum Gasteiger partial charge on any atom is 0.271 e. The van der Waals surface area contributed by atoms with Crippen molar-refractivity contribution in [3.63, 3.8) is 0 Å². The monoisotopic (exact) mass is 396 g/mol. The lowest BCUT2D eigenvalue weighted by atomic mass is 10.2. The largest absolute Gasteiger partial charge is 0.352 e. The Hall–Kier alpha value is -1.19. The molecule has 21 heavy (non-hydrogen) atoms. The van der Waals surface area contributed by atoms with Crippen molar-refractivity contribution in [2.75, 3.05) is 6.54 Å². The van der Waals surface area contributed by atoms with E-state index >= 15 is 0 Å². The van der Waals surface area contributed by atoms with Crippen molar-refractivity contribution in [3.8, 4) is 0 Å². The number of nitro groups is 1. The molecule has 114 valence electrons. The molecule has 1 aliphatic rings. The first-order chi connectivity index (χ1) is 9.70. The lowest BCUT2D eigenvalue weighted by Crippen LogP contribution is -2.26. The van der Waals surface area contributed by atoms with Crippen molar-refractivity contribution < 1.29 is 18.1 Å². The third kappa shape index (κ3) is 3.92. The van der Waals surface area contributed by atoms with Gasteiger partial charge in [0, 0.05) is 29.4 Å². The second-order valence-electron chi connectivity index (χ2n) is 4.65. The van der Waals surface area contributed by atoms with Crippen LogP contribution in [0.5, 0.6) is 0 Å². The van der Waals surface area contributed by atoms with Crippen molar-refractivity contribution in [2.45, 2.75) is 17.7 Å². The van der Waals surface area contributed by atoms with Gasteiger partial charge in [0.05, 0.1) is 15.0 Å². The Labute approximate surface area is 133 Å². The lowest BCUT2D eigenvalue weighted by molar-refractivity contribution is -0.385. The summed E-state index contributed by atoms with van der Waals surface area (Å²) in [7, 11) is 1.02. The number of amides is 1. The van der Waals surface area contributed by atoms with Crippen LogP contribution >= 0.6 is 26.6 Å². The summed E-state index contributed by atoms with van der Waals surface area (Å²) in [5.74, 6) is -0.165. The molecule has 0 bridgehead atoms. The highest BCUT2D eigenvalue weighted by atomic mass is 79.9. The molecule has 1 N–H and O–H groups in total. The zero-order valence-corrected chi connectivity index (χ0v) is 13.7. The average Bonchev–Trinajstić information content (AvgIpc) is 3.18. The van der Waals surface area contributed by atoms with Crippen LogP contribution in [0.4, 0.5) is 5.69 Å². The number of hydrogen-bond acceptors (Lipinski definition) is 5. The quantitative estimate of drug-likeness (QED) is 0.466. The van der Waals surface area contributed by atoms with E-state index in [0.717, 1.165) is 25.0 Å². The SMILES string of the molecule is O=C(NCC1CC1)c1cc([N+](=O)[O-])cc(S(=O)(=O)Cl)c1Br. The minimum atomic E-state index is -4.22. The van der Waals surface area contributed by atoms with Crippen LogP contribution in [0.3, 0.4) is 0 Å². The van der Waals surface area contributed by atoms with Crippen LogP contribution in [0, 0.1) is 16.0 Å². The van der Waals surface area contributed by atoms with Crippen LogP contribution in [0.2, 0.25) is 0 Å². The van der Waals surface area contributed by atoms with Gasteiger partial charge in [-0.2, -0.15) is 0 Å². The normalized spacial score (nSPS) is 14.8. The summed E-state index contributed by atoms with van der Waals surface area (Å²) >= 11 is 2.98. The molecule has 2 rings (SSSR count). The Morgan fingerprint density at radius 3 is 2.57 bits per heavy atom. The first kappa shape index (κ1) is 16.2. The predicted octanol–water partition coefficient (Wildman–Crippen LogP) is 2.42. The number of rotatable bonds is 5. The van der Waals surface area contributed by atoms with Gasteiger partial charge in [0.25, 0.3) is 20.6 Å². The Bertz CT molecular complexity index is 718. The van der Waals surface area contributed by atoms with Crippen molar-refractivity contribution in [1.82, 2.24) is 5.32 Å². The number of non-ortho nitro benzene ring substituents is 1. The summed E-state index contributed by atoms with van der Waals surface area (Å²) in [6.45, 7) is 0.455. The topological polar surface area (TPSA) is 106 Å². The van der Waals surface area contributed by atoms with Gasteiger partial charge in [0.2, 0.25) is 0 Å². The number of nitro benzene ring substituents is 1. The fourth-order valence-corrected chi connectivity index (χ4v) is 3.96. The molecular weight excluding hydrogens is 388 g/mol. The van der Waals surface area contributed by atoms with E-state index in [4.69, 9.17) is 10.7 Å². The van der Waals surface area contributed by atoms with Gasteiger partial charge in [-0.15, -0.1) is 0 Å². The highest BCUT2D eigenvalue weighted by molar-refractivity contribution is 9.10. The van der Waals surface area contributed by atoms with Crippen LogP contribution in [0.1, 0.15) is 23.2 Å². The molecule has 0 heterocycles. The summed E-state index contributed by atoms with van der Waals surface area (Å²) in [6.07, 6.45) is 2.05. The number of carbonyl (C=O) groups excluding carboxylic acids is 1. The molecule has 1 aromatic rings. The van der Waals surface area contributed by atoms with Gasteiger partial charge in [-0.05, 0) is 34.7 Å². The zero-order chi connectivity index (χ0) is 15.8. The number of benzene rings is 1. The van der Waals surface area contributed by atoms with Gasteiger partial charge < -0.3 is 5.32 Å². The Kier molecular flexibility index (Phi) is 4.54. The van der Waals surface area contributed by atoms with E-state index in [9.17, 15) is 23.3 Å². The van der Waals surface area contributed by atoms with Gasteiger partial charge in [0.1, 0.15) is 4.90 Å².